The van der Waals surface area contributed by atoms with Crippen LogP contribution in [0.15, 0.2) is 52.9 Å². The van der Waals surface area contributed by atoms with E-state index in [4.69, 9.17) is 4.42 Å². The molecule has 0 radical (unpaired) electrons. The Kier molecular flexibility index (Phi) is 3.88. The lowest BCUT2D eigenvalue weighted by Gasteiger charge is -2.15. The minimum absolute atomic E-state index is 0.209. The summed E-state index contributed by atoms with van der Waals surface area (Å²) in [5.41, 5.74) is 2.24. The summed E-state index contributed by atoms with van der Waals surface area (Å²) < 4.78 is 5.74. The number of amides is 2. The monoisotopic (exact) mass is 347 g/mol. The van der Waals surface area contributed by atoms with E-state index in [1.807, 2.05) is 44.2 Å². The largest absolute Gasteiger partial charge is 0.416 e. The van der Waals surface area contributed by atoms with Crippen LogP contribution in [0.3, 0.4) is 0 Å². The molecule has 0 saturated carbocycles. The van der Waals surface area contributed by atoms with Crippen molar-refractivity contribution in [3.05, 3.63) is 59.7 Å². The van der Waals surface area contributed by atoms with Crippen molar-refractivity contribution in [2.24, 2.45) is 5.92 Å². The van der Waals surface area contributed by atoms with Crippen LogP contribution in [0.5, 0.6) is 0 Å². The van der Waals surface area contributed by atoms with Gasteiger partial charge in [-0.15, -0.1) is 10.2 Å². The number of rotatable bonds is 4. The van der Waals surface area contributed by atoms with Crippen molar-refractivity contribution >= 4 is 11.8 Å². The molecule has 0 N–H and O–H groups in total. The van der Waals surface area contributed by atoms with E-state index < -0.39 is 0 Å². The van der Waals surface area contributed by atoms with Crippen molar-refractivity contribution in [2.75, 3.05) is 6.54 Å². The lowest BCUT2D eigenvalue weighted by Crippen LogP contribution is -2.33. The Morgan fingerprint density at radius 3 is 2.23 bits per heavy atom. The van der Waals surface area contributed by atoms with E-state index >= 15 is 0 Å². The van der Waals surface area contributed by atoms with Gasteiger partial charge < -0.3 is 4.42 Å². The first kappa shape index (κ1) is 16.2. The van der Waals surface area contributed by atoms with Gasteiger partial charge in [0.1, 0.15) is 0 Å². The minimum Gasteiger partial charge on any atom is -0.416 e. The number of carbonyl (C=O) groups is 2. The Balaban J connectivity index is 1.68. The van der Waals surface area contributed by atoms with Gasteiger partial charge in [-0.1, -0.05) is 32.0 Å². The predicted molar refractivity (Wildman–Crippen MR) is 95.4 cm³/mol. The van der Waals surface area contributed by atoms with E-state index in [1.54, 1.807) is 18.2 Å². The summed E-state index contributed by atoms with van der Waals surface area (Å²) in [4.78, 5) is 26.3. The molecule has 6 nitrogen and oxygen atoms in total. The van der Waals surface area contributed by atoms with Crippen LogP contribution in [-0.2, 0) is 0 Å². The fraction of sp³-hybridized carbons (Fsp3) is 0.200. The molecule has 2 amide bonds. The number of imide groups is 1. The highest BCUT2D eigenvalue weighted by Gasteiger charge is 2.36. The molecule has 1 aromatic heterocycles. The van der Waals surface area contributed by atoms with Gasteiger partial charge in [-0.3, -0.25) is 14.5 Å². The lowest BCUT2D eigenvalue weighted by molar-refractivity contribution is 0.0636. The van der Waals surface area contributed by atoms with Crippen LogP contribution >= 0.6 is 0 Å². The maximum atomic E-state index is 12.6. The number of hydrogen-bond acceptors (Lipinski definition) is 5. The molecular weight excluding hydrogens is 330 g/mol. The topological polar surface area (TPSA) is 76.3 Å². The molecule has 0 saturated heterocycles. The Hall–Kier alpha value is -3.28. The summed E-state index contributed by atoms with van der Waals surface area (Å²) in [7, 11) is 0. The van der Waals surface area contributed by atoms with E-state index in [9.17, 15) is 9.59 Å². The van der Waals surface area contributed by atoms with Gasteiger partial charge in [-0.2, -0.15) is 0 Å². The molecule has 0 spiro atoms. The number of hydrogen-bond donors (Lipinski definition) is 0. The zero-order valence-corrected chi connectivity index (χ0v) is 14.5. The van der Waals surface area contributed by atoms with Gasteiger partial charge in [0, 0.05) is 17.7 Å². The van der Waals surface area contributed by atoms with E-state index in [0.29, 0.717) is 35.0 Å². The number of benzene rings is 2. The molecule has 1 aliphatic heterocycles. The summed E-state index contributed by atoms with van der Waals surface area (Å²) in [5.74, 6) is 0.407. The standard InChI is InChI=1S/C20H17N3O3/c1-12(2)11-23-19(24)15-9-8-14(10-16(15)20(23)25)18-22-21-17(26-18)13-6-4-3-5-7-13/h3-10,12H,11H2,1-2H3. The normalized spacial score (nSPS) is 13.6. The smallest absolute Gasteiger partial charge is 0.261 e. The first-order valence-corrected chi connectivity index (χ1v) is 8.44. The molecule has 26 heavy (non-hydrogen) atoms. The number of aromatic nitrogens is 2. The third-order valence-electron chi connectivity index (χ3n) is 4.21. The molecule has 0 fully saturated rings. The first-order chi connectivity index (χ1) is 12.5. The quantitative estimate of drug-likeness (QED) is 0.673. The van der Waals surface area contributed by atoms with Gasteiger partial charge in [-0.25, -0.2) is 0 Å². The molecule has 2 aromatic carbocycles. The summed E-state index contributed by atoms with van der Waals surface area (Å²) in [6.45, 7) is 4.34. The molecular formula is C20H17N3O3. The minimum atomic E-state index is -0.275. The predicted octanol–water partition coefficient (Wildman–Crippen LogP) is 3.66. The molecule has 6 heteroatoms. The average Bonchev–Trinajstić information content (AvgIpc) is 3.22. The first-order valence-electron chi connectivity index (χ1n) is 8.44. The van der Waals surface area contributed by atoms with E-state index in [-0.39, 0.29) is 17.7 Å². The fourth-order valence-electron chi connectivity index (χ4n) is 2.99. The average molecular weight is 347 g/mol. The third-order valence-corrected chi connectivity index (χ3v) is 4.21. The zero-order valence-electron chi connectivity index (χ0n) is 14.5. The molecule has 0 atom stereocenters. The molecule has 0 bridgehead atoms. The third kappa shape index (κ3) is 2.69. The maximum Gasteiger partial charge on any atom is 0.261 e. The van der Waals surface area contributed by atoms with Gasteiger partial charge in [0.05, 0.1) is 11.1 Å². The summed E-state index contributed by atoms with van der Waals surface area (Å²) in [5, 5.41) is 8.14. The Morgan fingerprint density at radius 2 is 1.54 bits per heavy atom. The van der Waals surface area contributed by atoms with Crippen molar-refractivity contribution < 1.29 is 14.0 Å². The summed E-state index contributed by atoms with van der Waals surface area (Å²) >= 11 is 0. The second-order valence-electron chi connectivity index (χ2n) is 6.65. The molecule has 130 valence electrons. The molecule has 2 heterocycles. The molecule has 4 rings (SSSR count). The van der Waals surface area contributed by atoms with Crippen LogP contribution in [0, 0.1) is 5.92 Å². The van der Waals surface area contributed by atoms with Gasteiger partial charge >= 0.3 is 0 Å². The van der Waals surface area contributed by atoms with Crippen molar-refractivity contribution in [2.45, 2.75) is 13.8 Å². The van der Waals surface area contributed by atoms with Crippen molar-refractivity contribution in [1.29, 1.82) is 0 Å². The van der Waals surface area contributed by atoms with E-state index in [0.717, 1.165) is 5.56 Å². The molecule has 3 aromatic rings. The van der Waals surface area contributed by atoms with Gasteiger partial charge in [0.25, 0.3) is 11.8 Å². The van der Waals surface area contributed by atoms with Crippen LogP contribution in [0.4, 0.5) is 0 Å². The maximum absolute atomic E-state index is 12.6. The number of carbonyl (C=O) groups excluding carboxylic acids is 2. The molecule has 0 unspecified atom stereocenters. The number of fused-ring (bicyclic) bond motifs is 1. The van der Waals surface area contributed by atoms with Crippen molar-refractivity contribution in [1.82, 2.24) is 15.1 Å². The highest BCUT2D eigenvalue weighted by Crippen LogP contribution is 2.30. The zero-order chi connectivity index (χ0) is 18.3. The highest BCUT2D eigenvalue weighted by molar-refractivity contribution is 6.21. The lowest BCUT2D eigenvalue weighted by atomic mass is 10.1. The fourth-order valence-corrected chi connectivity index (χ4v) is 2.99. The van der Waals surface area contributed by atoms with Gasteiger partial charge in [0.2, 0.25) is 11.8 Å². The Bertz CT molecular complexity index is 993. The Morgan fingerprint density at radius 1 is 0.885 bits per heavy atom. The molecule has 1 aliphatic rings. The second kappa shape index (κ2) is 6.22. The van der Waals surface area contributed by atoms with Crippen LogP contribution in [0.2, 0.25) is 0 Å². The van der Waals surface area contributed by atoms with Crippen LogP contribution < -0.4 is 0 Å². The Labute approximate surface area is 150 Å². The second-order valence-corrected chi connectivity index (χ2v) is 6.65. The van der Waals surface area contributed by atoms with Crippen LogP contribution in [0.25, 0.3) is 22.9 Å². The number of nitrogens with zero attached hydrogens (tertiary/aromatic N) is 3. The van der Waals surface area contributed by atoms with E-state index in [1.165, 1.54) is 4.90 Å². The van der Waals surface area contributed by atoms with Crippen LogP contribution in [-0.4, -0.2) is 33.5 Å². The summed E-state index contributed by atoms with van der Waals surface area (Å²) in [6.07, 6.45) is 0. The van der Waals surface area contributed by atoms with Gasteiger partial charge in [-0.05, 0) is 36.2 Å². The van der Waals surface area contributed by atoms with Crippen molar-refractivity contribution in [3.63, 3.8) is 0 Å². The van der Waals surface area contributed by atoms with Crippen LogP contribution in [0.1, 0.15) is 34.6 Å². The van der Waals surface area contributed by atoms with E-state index in [2.05, 4.69) is 10.2 Å². The van der Waals surface area contributed by atoms with Crippen molar-refractivity contribution in [3.8, 4) is 22.9 Å². The SMILES string of the molecule is CC(C)CN1C(=O)c2ccc(-c3nnc(-c4ccccc4)o3)cc2C1=O. The summed E-state index contributed by atoms with van der Waals surface area (Å²) in [6, 6.07) is 14.5. The highest BCUT2D eigenvalue weighted by atomic mass is 16.4. The van der Waals surface area contributed by atoms with Gasteiger partial charge in [0.15, 0.2) is 0 Å². The molecule has 0 aliphatic carbocycles.